The van der Waals surface area contributed by atoms with E-state index in [1.807, 2.05) is 25.1 Å². The molecule has 1 aromatic heterocycles. The summed E-state index contributed by atoms with van der Waals surface area (Å²) in [6, 6.07) is 10.3. The lowest BCUT2D eigenvalue weighted by atomic mass is 10.1. The second-order valence-electron chi connectivity index (χ2n) is 3.60. The van der Waals surface area contributed by atoms with Crippen LogP contribution in [0.2, 0.25) is 0 Å². The van der Waals surface area contributed by atoms with Crippen LogP contribution in [-0.4, -0.2) is 10.3 Å². The van der Waals surface area contributed by atoms with Crippen LogP contribution in [0.25, 0.3) is 10.9 Å². The van der Waals surface area contributed by atoms with Gasteiger partial charge in [0.25, 0.3) is 0 Å². The van der Waals surface area contributed by atoms with E-state index in [1.165, 1.54) is 0 Å². The van der Waals surface area contributed by atoms with Gasteiger partial charge in [-0.3, -0.25) is 4.98 Å². The molecule has 0 aliphatic rings. The van der Waals surface area contributed by atoms with Gasteiger partial charge >= 0.3 is 0 Å². The standard InChI is InChI=1S/C14H12BrN/c1-11-5-7-13-10-12(4-2-3-9-15)6-8-14(13)16-11/h5-8,10H,3,9H2,1H3. The minimum atomic E-state index is 0.879. The molecule has 0 saturated heterocycles. The molecule has 0 spiro atoms. The van der Waals surface area contributed by atoms with Crippen molar-refractivity contribution in [2.45, 2.75) is 13.3 Å². The second-order valence-corrected chi connectivity index (χ2v) is 4.39. The molecule has 2 heteroatoms. The molecule has 1 heterocycles. The Morgan fingerprint density at radius 1 is 1.25 bits per heavy atom. The molecule has 0 unspecified atom stereocenters. The van der Waals surface area contributed by atoms with Gasteiger partial charge < -0.3 is 0 Å². The minimum absolute atomic E-state index is 0.879. The van der Waals surface area contributed by atoms with Crippen molar-refractivity contribution in [3.05, 3.63) is 41.6 Å². The van der Waals surface area contributed by atoms with E-state index >= 15 is 0 Å². The van der Waals surface area contributed by atoms with Crippen LogP contribution in [0.1, 0.15) is 17.7 Å². The summed E-state index contributed by atoms with van der Waals surface area (Å²) in [6.45, 7) is 2.00. The Kier molecular flexibility index (Phi) is 3.58. The maximum Gasteiger partial charge on any atom is 0.0706 e. The molecule has 2 aromatic rings. The maximum atomic E-state index is 4.46. The van der Waals surface area contributed by atoms with Gasteiger partial charge in [0, 0.05) is 28.4 Å². The van der Waals surface area contributed by atoms with Gasteiger partial charge in [0.1, 0.15) is 0 Å². The van der Waals surface area contributed by atoms with Crippen molar-refractivity contribution in [3.8, 4) is 11.8 Å². The zero-order valence-corrected chi connectivity index (χ0v) is 10.7. The highest BCUT2D eigenvalue weighted by Crippen LogP contribution is 2.14. The molecule has 0 aliphatic heterocycles. The van der Waals surface area contributed by atoms with Crippen molar-refractivity contribution < 1.29 is 0 Å². The van der Waals surface area contributed by atoms with Crippen molar-refractivity contribution in [1.29, 1.82) is 0 Å². The first-order valence-corrected chi connectivity index (χ1v) is 6.34. The fourth-order valence-electron chi connectivity index (χ4n) is 1.52. The molecule has 80 valence electrons. The lowest BCUT2D eigenvalue weighted by Crippen LogP contribution is -1.83. The molecule has 0 bridgehead atoms. The molecular weight excluding hydrogens is 262 g/mol. The average molecular weight is 274 g/mol. The minimum Gasteiger partial charge on any atom is -0.253 e. The van der Waals surface area contributed by atoms with Crippen LogP contribution in [0.4, 0.5) is 0 Å². The number of benzene rings is 1. The quantitative estimate of drug-likeness (QED) is 0.571. The monoisotopic (exact) mass is 273 g/mol. The Hall–Kier alpha value is -1.33. The molecular formula is C14H12BrN. The van der Waals surface area contributed by atoms with Gasteiger partial charge in [0.2, 0.25) is 0 Å². The van der Waals surface area contributed by atoms with E-state index in [0.717, 1.165) is 33.9 Å². The lowest BCUT2D eigenvalue weighted by Gasteiger charge is -1.99. The highest BCUT2D eigenvalue weighted by molar-refractivity contribution is 9.09. The molecule has 0 radical (unpaired) electrons. The summed E-state index contributed by atoms with van der Waals surface area (Å²) in [6.07, 6.45) is 0.879. The molecule has 0 atom stereocenters. The number of nitrogens with zero attached hydrogens (tertiary/aromatic N) is 1. The number of fused-ring (bicyclic) bond motifs is 1. The summed E-state index contributed by atoms with van der Waals surface area (Å²) >= 11 is 3.36. The molecule has 0 fully saturated rings. The number of hydrogen-bond acceptors (Lipinski definition) is 1. The van der Waals surface area contributed by atoms with Crippen LogP contribution in [0.5, 0.6) is 0 Å². The van der Waals surface area contributed by atoms with Crippen molar-refractivity contribution in [1.82, 2.24) is 4.98 Å². The highest BCUT2D eigenvalue weighted by Gasteiger charge is 1.95. The Bertz CT molecular complexity index is 564. The maximum absolute atomic E-state index is 4.46. The third kappa shape index (κ3) is 2.62. The molecule has 1 aromatic carbocycles. The SMILES string of the molecule is Cc1ccc2cc(C#CCCBr)ccc2n1. The van der Waals surface area contributed by atoms with Gasteiger partial charge in [-0.05, 0) is 31.2 Å². The normalized spacial score (nSPS) is 9.88. The number of rotatable bonds is 1. The molecule has 0 aliphatic carbocycles. The fourth-order valence-corrected chi connectivity index (χ4v) is 1.72. The first-order chi connectivity index (χ1) is 7.79. The van der Waals surface area contributed by atoms with Crippen LogP contribution in [-0.2, 0) is 0 Å². The summed E-state index contributed by atoms with van der Waals surface area (Å²) < 4.78 is 0. The molecule has 0 N–H and O–H groups in total. The fraction of sp³-hybridized carbons (Fsp3) is 0.214. The number of aryl methyl sites for hydroxylation is 1. The number of aromatic nitrogens is 1. The molecule has 1 nitrogen and oxygen atoms in total. The second kappa shape index (κ2) is 5.14. The largest absolute Gasteiger partial charge is 0.253 e. The van der Waals surface area contributed by atoms with E-state index in [1.54, 1.807) is 0 Å². The third-order valence-electron chi connectivity index (χ3n) is 2.28. The van der Waals surface area contributed by atoms with Crippen molar-refractivity contribution >= 4 is 26.8 Å². The number of pyridine rings is 1. The van der Waals surface area contributed by atoms with E-state index in [0.29, 0.717) is 0 Å². The Morgan fingerprint density at radius 3 is 2.94 bits per heavy atom. The summed E-state index contributed by atoms with van der Waals surface area (Å²) in [4.78, 5) is 4.46. The number of halogens is 1. The van der Waals surface area contributed by atoms with Crippen LogP contribution < -0.4 is 0 Å². The van der Waals surface area contributed by atoms with Crippen LogP contribution >= 0.6 is 15.9 Å². The Labute approximate surface area is 104 Å². The lowest BCUT2D eigenvalue weighted by molar-refractivity contribution is 1.25. The van der Waals surface area contributed by atoms with E-state index in [2.05, 4.69) is 44.9 Å². The molecule has 16 heavy (non-hydrogen) atoms. The summed E-state index contributed by atoms with van der Waals surface area (Å²) in [7, 11) is 0. The van der Waals surface area contributed by atoms with Gasteiger partial charge in [0.15, 0.2) is 0 Å². The molecule has 0 saturated carbocycles. The van der Waals surface area contributed by atoms with Crippen LogP contribution in [0.3, 0.4) is 0 Å². The smallest absolute Gasteiger partial charge is 0.0706 e. The zero-order chi connectivity index (χ0) is 11.4. The predicted molar refractivity (Wildman–Crippen MR) is 71.8 cm³/mol. The first kappa shape index (κ1) is 11.2. The van der Waals surface area contributed by atoms with E-state index in [-0.39, 0.29) is 0 Å². The van der Waals surface area contributed by atoms with Crippen LogP contribution in [0.15, 0.2) is 30.3 Å². The summed E-state index contributed by atoms with van der Waals surface area (Å²) in [5, 5.41) is 2.07. The Balaban J connectivity index is 2.38. The van der Waals surface area contributed by atoms with E-state index in [4.69, 9.17) is 0 Å². The number of hydrogen-bond donors (Lipinski definition) is 0. The van der Waals surface area contributed by atoms with Gasteiger partial charge in [-0.25, -0.2) is 0 Å². The topological polar surface area (TPSA) is 12.9 Å². The summed E-state index contributed by atoms with van der Waals surface area (Å²) in [5.74, 6) is 6.25. The van der Waals surface area contributed by atoms with Crippen molar-refractivity contribution in [2.24, 2.45) is 0 Å². The average Bonchev–Trinajstić information content (AvgIpc) is 2.29. The predicted octanol–water partition coefficient (Wildman–Crippen LogP) is 3.68. The van der Waals surface area contributed by atoms with Crippen molar-refractivity contribution in [3.63, 3.8) is 0 Å². The van der Waals surface area contributed by atoms with Crippen LogP contribution in [0, 0.1) is 18.8 Å². The number of alkyl halides is 1. The van der Waals surface area contributed by atoms with E-state index < -0.39 is 0 Å². The highest BCUT2D eigenvalue weighted by atomic mass is 79.9. The van der Waals surface area contributed by atoms with Gasteiger partial charge in [0.05, 0.1) is 5.52 Å². The summed E-state index contributed by atoms with van der Waals surface area (Å²) in [5.41, 5.74) is 3.13. The van der Waals surface area contributed by atoms with Gasteiger partial charge in [-0.15, -0.1) is 0 Å². The van der Waals surface area contributed by atoms with Crippen molar-refractivity contribution in [2.75, 3.05) is 5.33 Å². The molecule has 2 rings (SSSR count). The first-order valence-electron chi connectivity index (χ1n) is 5.22. The van der Waals surface area contributed by atoms with Gasteiger partial charge in [-0.1, -0.05) is 33.8 Å². The third-order valence-corrected chi connectivity index (χ3v) is 2.68. The zero-order valence-electron chi connectivity index (χ0n) is 9.13. The van der Waals surface area contributed by atoms with E-state index in [9.17, 15) is 0 Å². The Morgan fingerprint density at radius 2 is 2.12 bits per heavy atom. The molecule has 0 amide bonds. The van der Waals surface area contributed by atoms with Gasteiger partial charge in [-0.2, -0.15) is 0 Å².